The highest BCUT2D eigenvalue weighted by Gasteiger charge is 2.32. The quantitative estimate of drug-likeness (QED) is 0.800. The first-order chi connectivity index (χ1) is 11.6. The van der Waals surface area contributed by atoms with Gasteiger partial charge in [-0.3, -0.25) is 13.9 Å². The van der Waals surface area contributed by atoms with Crippen molar-refractivity contribution in [2.75, 3.05) is 0 Å². The van der Waals surface area contributed by atoms with Crippen molar-refractivity contribution < 1.29 is 0 Å². The fraction of sp³-hybridized carbons (Fsp3) is 0.412. The zero-order valence-electron chi connectivity index (χ0n) is 13.3. The van der Waals surface area contributed by atoms with Gasteiger partial charge in [-0.05, 0) is 31.4 Å². The number of halogens is 1. The summed E-state index contributed by atoms with van der Waals surface area (Å²) in [6, 6.07) is 3.59. The van der Waals surface area contributed by atoms with Crippen molar-refractivity contribution in [3.63, 3.8) is 0 Å². The Balaban J connectivity index is 1.87. The van der Waals surface area contributed by atoms with Crippen LogP contribution in [0.15, 0.2) is 32.9 Å². The highest BCUT2D eigenvalue weighted by molar-refractivity contribution is 6.29. The predicted octanol–water partition coefficient (Wildman–Crippen LogP) is 2.48. The lowest BCUT2D eigenvalue weighted by Gasteiger charge is -2.12. The summed E-state index contributed by atoms with van der Waals surface area (Å²) in [6.45, 7) is 2.57. The van der Waals surface area contributed by atoms with Crippen molar-refractivity contribution in [3.05, 3.63) is 55.4 Å². The Labute approximate surface area is 143 Å². The van der Waals surface area contributed by atoms with Gasteiger partial charge in [0.2, 0.25) is 0 Å². The average molecular weight is 345 g/mol. The molecular formula is C17H17ClN4O2. The maximum Gasteiger partial charge on any atom is 0.332 e. The van der Waals surface area contributed by atoms with Crippen LogP contribution >= 0.6 is 11.6 Å². The number of fused-ring (bicyclic) bond motifs is 1. The van der Waals surface area contributed by atoms with E-state index in [1.807, 2.05) is 13.0 Å². The van der Waals surface area contributed by atoms with Crippen LogP contribution in [0.5, 0.6) is 0 Å². The molecule has 2 aromatic rings. The molecule has 4 rings (SSSR count). The molecule has 1 aliphatic heterocycles. The van der Waals surface area contributed by atoms with Gasteiger partial charge in [0, 0.05) is 30.8 Å². The summed E-state index contributed by atoms with van der Waals surface area (Å²) in [5.74, 6) is 0.508. The molecule has 24 heavy (non-hydrogen) atoms. The minimum absolute atomic E-state index is 0.0552. The molecule has 0 radical (unpaired) electrons. The van der Waals surface area contributed by atoms with Crippen LogP contribution in [0.3, 0.4) is 0 Å². The van der Waals surface area contributed by atoms with Gasteiger partial charge in [-0.2, -0.15) is 0 Å². The van der Waals surface area contributed by atoms with E-state index in [9.17, 15) is 9.59 Å². The molecule has 0 saturated heterocycles. The molecule has 2 aliphatic rings. The SMILES string of the molecule is CCCn1c2c(c(=O)n(C3CC3)c1=O)CC(c1ccc(Cl)nc1)=N2. The molecule has 1 fully saturated rings. The number of rotatable bonds is 4. The minimum atomic E-state index is -0.234. The van der Waals surface area contributed by atoms with Gasteiger partial charge in [0.05, 0.1) is 11.3 Å². The largest absolute Gasteiger partial charge is 0.332 e. The van der Waals surface area contributed by atoms with Gasteiger partial charge in [0.25, 0.3) is 5.56 Å². The van der Waals surface area contributed by atoms with Crippen molar-refractivity contribution in [2.45, 2.75) is 45.2 Å². The van der Waals surface area contributed by atoms with Crippen molar-refractivity contribution >= 4 is 23.1 Å². The summed E-state index contributed by atoms with van der Waals surface area (Å²) in [5, 5.41) is 0.411. The topological polar surface area (TPSA) is 69.2 Å². The van der Waals surface area contributed by atoms with Crippen molar-refractivity contribution in [1.29, 1.82) is 0 Å². The van der Waals surface area contributed by atoms with E-state index >= 15 is 0 Å². The molecule has 0 N–H and O–H groups in total. The number of pyridine rings is 1. The summed E-state index contributed by atoms with van der Waals surface area (Å²) in [5.41, 5.74) is 1.76. The van der Waals surface area contributed by atoms with E-state index in [0.29, 0.717) is 29.5 Å². The highest BCUT2D eigenvalue weighted by atomic mass is 35.5. The van der Waals surface area contributed by atoms with Crippen LogP contribution in [0.4, 0.5) is 5.82 Å². The number of aromatic nitrogens is 3. The summed E-state index contributed by atoms with van der Waals surface area (Å²) in [4.78, 5) is 34.2. The third-order valence-electron chi connectivity index (χ3n) is 4.44. The third-order valence-corrected chi connectivity index (χ3v) is 4.67. The Bertz CT molecular complexity index is 952. The van der Waals surface area contributed by atoms with E-state index in [2.05, 4.69) is 9.98 Å². The van der Waals surface area contributed by atoms with Gasteiger partial charge in [0.1, 0.15) is 11.0 Å². The van der Waals surface area contributed by atoms with Gasteiger partial charge >= 0.3 is 5.69 Å². The average Bonchev–Trinajstić information content (AvgIpc) is 3.30. The lowest BCUT2D eigenvalue weighted by Crippen LogP contribution is -2.40. The molecule has 1 saturated carbocycles. The molecule has 124 valence electrons. The summed E-state index contributed by atoms with van der Waals surface area (Å²) in [6.07, 6.45) is 4.68. The fourth-order valence-electron chi connectivity index (χ4n) is 3.12. The molecule has 1 aliphatic carbocycles. The van der Waals surface area contributed by atoms with Crippen LogP contribution in [0.2, 0.25) is 5.15 Å². The smallest absolute Gasteiger partial charge is 0.278 e. The van der Waals surface area contributed by atoms with Crippen LogP contribution in [0.25, 0.3) is 0 Å². The van der Waals surface area contributed by atoms with E-state index < -0.39 is 0 Å². The molecule has 0 aromatic carbocycles. The van der Waals surface area contributed by atoms with Crippen LogP contribution < -0.4 is 11.2 Å². The third kappa shape index (κ3) is 2.41. The monoisotopic (exact) mass is 344 g/mol. The van der Waals surface area contributed by atoms with Crippen LogP contribution in [-0.4, -0.2) is 19.8 Å². The Kier molecular flexibility index (Phi) is 3.64. The Morgan fingerprint density at radius 3 is 2.71 bits per heavy atom. The molecule has 0 amide bonds. The minimum Gasteiger partial charge on any atom is -0.278 e. The van der Waals surface area contributed by atoms with Gasteiger partial charge in [-0.25, -0.2) is 14.8 Å². The summed E-state index contributed by atoms with van der Waals surface area (Å²) in [7, 11) is 0. The van der Waals surface area contributed by atoms with E-state index in [1.54, 1.807) is 16.8 Å². The second-order valence-electron chi connectivity index (χ2n) is 6.25. The van der Waals surface area contributed by atoms with Crippen LogP contribution in [0.1, 0.15) is 43.4 Å². The predicted molar refractivity (Wildman–Crippen MR) is 92.7 cm³/mol. The van der Waals surface area contributed by atoms with E-state index in [-0.39, 0.29) is 17.3 Å². The molecule has 0 bridgehead atoms. The van der Waals surface area contributed by atoms with Gasteiger partial charge in [-0.15, -0.1) is 0 Å². The maximum atomic E-state index is 12.8. The van der Waals surface area contributed by atoms with Gasteiger partial charge < -0.3 is 0 Å². The molecule has 7 heteroatoms. The van der Waals surface area contributed by atoms with Crippen molar-refractivity contribution in [3.8, 4) is 0 Å². The fourth-order valence-corrected chi connectivity index (χ4v) is 3.23. The number of aliphatic imine (C=N–C) groups is 1. The summed E-state index contributed by atoms with van der Waals surface area (Å²) >= 11 is 5.83. The van der Waals surface area contributed by atoms with Crippen LogP contribution in [0, 0.1) is 0 Å². The lowest BCUT2D eigenvalue weighted by molar-refractivity contribution is 0.554. The first-order valence-electron chi connectivity index (χ1n) is 8.18. The lowest BCUT2D eigenvalue weighted by atomic mass is 10.1. The number of hydrogen-bond donors (Lipinski definition) is 0. The Morgan fingerprint density at radius 1 is 1.29 bits per heavy atom. The molecular weight excluding hydrogens is 328 g/mol. The summed E-state index contributed by atoms with van der Waals surface area (Å²) < 4.78 is 3.07. The maximum absolute atomic E-state index is 12.8. The standard InChI is InChI=1S/C17H17ClN4O2/c1-2-7-21-15-12(16(23)22(17(21)24)11-4-5-11)8-13(20-15)10-3-6-14(18)19-9-10/h3,6,9,11H,2,4-5,7-8H2,1H3. The van der Waals surface area contributed by atoms with E-state index in [0.717, 1.165) is 30.5 Å². The van der Waals surface area contributed by atoms with Gasteiger partial charge in [-0.1, -0.05) is 18.5 Å². The Morgan fingerprint density at radius 2 is 2.08 bits per heavy atom. The molecule has 0 unspecified atom stereocenters. The van der Waals surface area contributed by atoms with Crippen molar-refractivity contribution in [1.82, 2.24) is 14.1 Å². The molecule has 6 nitrogen and oxygen atoms in total. The zero-order chi connectivity index (χ0) is 16.8. The van der Waals surface area contributed by atoms with E-state index in [1.165, 1.54) is 4.57 Å². The first-order valence-corrected chi connectivity index (χ1v) is 8.55. The molecule has 0 spiro atoms. The Hall–Kier alpha value is -2.21. The second-order valence-corrected chi connectivity index (χ2v) is 6.63. The normalized spacial score (nSPS) is 16.2. The molecule has 3 heterocycles. The molecule has 0 atom stereocenters. The highest BCUT2D eigenvalue weighted by Crippen LogP contribution is 2.34. The van der Waals surface area contributed by atoms with Crippen LogP contribution in [-0.2, 0) is 13.0 Å². The number of nitrogens with zero attached hydrogens (tertiary/aromatic N) is 4. The van der Waals surface area contributed by atoms with E-state index in [4.69, 9.17) is 11.6 Å². The first kappa shape index (κ1) is 15.3. The second kappa shape index (κ2) is 5.70. The van der Waals surface area contributed by atoms with Gasteiger partial charge in [0.15, 0.2) is 0 Å². The zero-order valence-corrected chi connectivity index (χ0v) is 14.1. The van der Waals surface area contributed by atoms with Crippen molar-refractivity contribution in [2.24, 2.45) is 4.99 Å². The molecule has 2 aromatic heterocycles. The number of hydrogen-bond acceptors (Lipinski definition) is 4.